The third kappa shape index (κ3) is 4.28. The summed E-state index contributed by atoms with van der Waals surface area (Å²) in [7, 11) is 0. The van der Waals surface area contributed by atoms with Crippen LogP contribution in [0.4, 0.5) is 0 Å². The summed E-state index contributed by atoms with van der Waals surface area (Å²) in [4.78, 5) is 11.8. The van der Waals surface area contributed by atoms with Crippen LogP contribution in [-0.2, 0) is 4.74 Å². The third-order valence-corrected chi connectivity index (χ3v) is 2.15. The largest absolute Gasteiger partial charge is 1.00 e. The van der Waals surface area contributed by atoms with Crippen molar-refractivity contribution in [3.63, 3.8) is 0 Å². The van der Waals surface area contributed by atoms with Crippen molar-refractivity contribution in [2.45, 2.75) is 39.7 Å². The second-order valence-electron chi connectivity index (χ2n) is 4.20. The van der Waals surface area contributed by atoms with Gasteiger partial charge in [0.2, 0.25) is 0 Å². The Labute approximate surface area is 121 Å². The van der Waals surface area contributed by atoms with Crippen LogP contribution in [-0.4, -0.2) is 12.1 Å². The second-order valence-corrected chi connectivity index (χ2v) is 4.20. The Balaban J connectivity index is 0. The summed E-state index contributed by atoms with van der Waals surface area (Å²) in [5.41, 5.74) is 1.73. The van der Waals surface area contributed by atoms with E-state index in [-0.39, 0.29) is 43.1 Å². The van der Waals surface area contributed by atoms with Crippen molar-refractivity contribution in [3.05, 3.63) is 35.4 Å². The zero-order valence-electron chi connectivity index (χ0n) is 11.8. The molecule has 0 aliphatic rings. The Morgan fingerprint density at radius 2 is 1.75 bits per heavy atom. The molecule has 0 unspecified atom stereocenters. The van der Waals surface area contributed by atoms with Crippen LogP contribution in [0.15, 0.2) is 24.3 Å². The third-order valence-electron chi connectivity index (χ3n) is 2.15. The Bertz CT molecular complexity index is 351. The maximum atomic E-state index is 11.8. The van der Waals surface area contributed by atoms with E-state index < -0.39 is 0 Å². The van der Waals surface area contributed by atoms with Gasteiger partial charge in [0.05, 0.1) is 11.7 Å². The fraction of sp³-hybridized carbons (Fsp3) is 0.462. The molecular weight excluding hydrogens is 211 g/mol. The molecule has 0 saturated heterocycles. The average Bonchev–Trinajstić information content (AvgIpc) is 2.16. The molecule has 0 saturated carbocycles. The van der Waals surface area contributed by atoms with E-state index >= 15 is 0 Å². The number of hydrogen-bond donors (Lipinski definition) is 0. The molecule has 1 aromatic carbocycles. The van der Waals surface area contributed by atoms with Crippen molar-refractivity contribution in [2.24, 2.45) is 0 Å². The summed E-state index contributed by atoms with van der Waals surface area (Å²) in [6, 6.07) is 7.60. The minimum Gasteiger partial charge on any atom is -1.00 e. The van der Waals surface area contributed by atoms with Crippen molar-refractivity contribution >= 4 is 5.97 Å². The molecule has 2 nitrogen and oxygen atoms in total. The average molecular weight is 230 g/mol. The topological polar surface area (TPSA) is 26.3 Å². The number of carbonyl (C=O) groups excluding carboxylic acids is 1. The molecule has 0 atom stereocenters. The van der Waals surface area contributed by atoms with Crippen LogP contribution in [0.2, 0.25) is 0 Å². The van der Waals surface area contributed by atoms with E-state index in [4.69, 9.17) is 4.74 Å². The molecule has 3 heteroatoms. The summed E-state index contributed by atoms with van der Waals surface area (Å²) in [6.45, 7) is 7.86. The standard InChI is InChI=1S/C13H18O2.Na.H/c1-9(2)11-7-5-6-8-12(11)13(14)15-10(3)4;;/h5-10H,1-4H3;;/q;+1;-1. The SMILES string of the molecule is CC(C)OC(=O)c1ccccc1C(C)C.[H-].[Na+]. The minimum atomic E-state index is -0.228. The van der Waals surface area contributed by atoms with Gasteiger partial charge in [0.15, 0.2) is 0 Å². The fourth-order valence-corrected chi connectivity index (χ4v) is 1.46. The molecule has 0 aliphatic carbocycles. The van der Waals surface area contributed by atoms with Gasteiger partial charge >= 0.3 is 35.5 Å². The first-order chi connectivity index (χ1) is 7.02. The van der Waals surface area contributed by atoms with E-state index in [1.807, 2.05) is 38.1 Å². The van der Waals surface area contributed by atoms with Gasteiger partial charge in [-0.3, -0.25) is 0 Å². The monoisotopic (exact) mass is 230 g/mol. The second kappa shape index (κ2) is 7.10. The number of carbonyl (C=O) groups is 1. The summed E-state index contributed by atoms with van der Waals surface area (Å²) < 4.78 is 5.19. The molecule has 0 amide bonds. The van der Waals surface area contributed by atoms with Gasteiger partial charge in [0.25, 0.3) is 0 Å². The first-order valence-electron chi connectivity index (χ1n) is 5.32. The van der Waals surface area contributed by atoms with Gasteiger partial charge in [-0.2, -0.15) is 0 Å². The molecule has 0 aliphatic heterocycles. The van der Waals surface area contributed by atoms with Crippen LogP contribution >= 0.6 is 0 Å². The van der Waals surface area contributed by atoms with Crippen molar-refractivity contribution in [3.8, 4) is 0 Å². The number of esters is 1. The molecule has 1 rings (SSSR count). The molecule has 0 heterocycles. The van der Waals surface area contributed by atoms with Crippen molar-refractivity contribution in [2.75, 3.05) is 0 Å². The van der Waals surface area contributed by atoms with Crippen LogP contribution in [0.1, 0.15) is 51.0 Å². The Hall–Kier alpha value is -0.310. The first kappa shape index (κ1) is 15.7. The summed E-state index contributed by atoms with van der Waals surface area (Å²) >= 11 is 0. The van der Waals surface area contributed by atoms with Crippen molar-refractivity contribution < 1.29 is 40.5 Å². The van der Waals surface area contributed by atoms with Crippen LogP contribution < -0.4 is 29.6 Å². The van der Waals surface area contributed by atoms with Gasteiger partial charge in [-0.1, -0.05) is 32.0 Å². The maximum absolute atomic E-state index is 11.8. The molecule has 0 aromatic heterocycles. The fourth-order valence-electron chi connectivity index (χ4n) is 1.46. The van der Waals surface area contributed by atoms with Crippen molar-refractivity contribution in [1.29, 1.82) is 0 Å². The van der Waals surface area contributed by atoms with Gasteiger partial charge in [-0.25, -0.2) is 4.79 Å². The zero-order valence-corrected chi connectivity index (χ0v) is 12.8. The molecule has 1 aromatic rings. The summed E-state index contributed by atoms with van der Waals surface area (Å²) in [6.07, 6.45) is -0.0716. The summed E-state index contributed by atoms with van der Waals surface area (Å²) in [5, 5.41) is 0. The number of ether oxygens (including phenoxy) is 1. The first-order valence-corrected chi connectivity index (χ1v) is 5.32. The van der Waals surface area contributed by atoms with E-state index in [2.05, 4.69) is 13.8 Å². The van der Waals surface area contributed by atoms with E-state index in [1.165, 1.54) is 0 Å². The molecule has 0 bridgehead atoms. The van der Waals surface area contributed by atoms with Crippen LogP contribution in [0.3, 0.4) is 0 Å². The smallest absolute Gasteiger partial charge is 1.00 e. The molecule has 0 N–H and O–H groups in total. The van der Waals surface area contributed by atoms with Crippen LogP contribution in [0.25, 0.3) is 0 Å². The van der Waals surface area contributed by atoms with E-state index in [9.17, 15) is 4.79 Å². The normalized spacial score (nSPS) is 10.1. The number of benzene rings is 1. The molecular formula is C13H19NaO2. The Morgan fingerprint density at radius 3 is 2.25 bits per heavy atom. The van der Waals surface area contributed by atoms with E-state index in [0.29, 0.717) is 11.5 Å². The predicted octanol–water partition coefficient (Wildman–Crippen LogP) is 0.492. The molecule has 84 valence electrons. The van der Waals surface area contributed by atoms with E-state index in [1.54, 1.807) is 0 Å². The van der Waals surface area contributed by atoms with E-state index in [0.717, 1.165) is 5.56 Å². The maximum Gasteiger partial charge on any atom is 1.00 e. The van der Waals surface area contributed by atoms with Crippen LogP contribution in [0.5, 0.6) is 0 Å². The van der Waals surface area contributed by atoms with Crippen LogP contribution in [0, 0.1) is 0 Å². The number of rotatable bonds is 3. The Kier molecular flexibility index (Phi) is 6.96. The van der Waals surface area contributed by atoms with Gasteiger partial charge in [-0.15, -0.1) is 0 Å². The quantitative estimate of drug-likeness (QED) is 0.558. The number of hydrogen-bond acceptors (Lipinski definition) is 2. The van der Waals surface area contributed by atoms with Gasteiger partial charge in [0, 0.05) is 0 Å². The summed E-state index contributed by atoms with van der Waals surface area (Å²) in [5.74, 6) is 0.107. The Morgan fingerprint density at radius 1 is 1.19 bits per heavy atom. The molecule has 0 spiro atoms. The zero-order chi connectivity index (χ0) is 11.4. The minimum absolute atomic E-state index is 0. The molecule has 0 fully saturated rings. The van der Waals surface area contributed by atoms with Crippen molar-refractivity contribution in [1.82, 2.24) is 0 Å². The van der Waals surface area contributed by atoms with Gasteiger partial charge in [0.1, 0.15) is 0 Å². The molecule has 0 radical (unpaired) electrons. The van der Waals surface area contributed by atoms with Gasteiger partial charge < -0.3 is 6.16 Å². The predicted molar refractivity (Wildman–Crippen MR) is 62.2 cm³/mol. The molecule has 16 heavy (non-hydrogen) atoms. The van der Waals surface area contributed by atoms with Gasteiger partial charge in [-0.05, 0) is 31.4 Å².